The summed E-state index contributed by atoms with van der Waals surface area (Å²) in [5.74, 6) is -0.269. The zero-order chi connectivity index (χ0) is 20.1. The first kappa shape index (κ1) is 20.1. The lowest BCUT2D eigenvalue weighted by atomic mass is 10.2. The van der Waals surface area contributed by atoms with Crippen LogP contribution >= 0.6 is 23.4 Å². The van der Waals surface area contributed by atoms with Crippen LogP contribution in [-0.4, -0.2) is 27.7 Å². The second-order valence-electron chi connectivity index (χ2n) is 6.01. The summed E-state index contributed by atoms with van der Waals surface area (Å²) in [5.41, 5.74) is 5.68. The zero-order valence-electron chi connectivity index (χ0n) is 15.3. The highest BCUT2D eigenvalue weighted by Crippen LogP contribution is 2.20. The van der Waals surface area contributed by atoms with Gasteiger partial charge in [0, 0.05) is 15.5 Å². The number of hydrogen-bond acceptors (Lipinski definition) is 4. The Kier molecular flexibility index (Phi) is 6.49. The summed E-state index contributed by atoms with van der Waals surface area (Å²) < 4.78 is 14.8. The van der Waals surface area contributed by atoms with Crippen molar-refractivity contribution in [2.75, 3.05) is 5.75 Å². The van der Waals surface area contributed by atoms with Gasteiger partial charge in [0.15, 0.2) is 0 Å². The first-order valence-electron chi connectivity index (χ1n) is 8.46. The highest BCUT2D eigenvalue weighted by Gasteiger charge is 2.11. The van der Waals surface area contributed by atoms with Crippen LogP contribution in [-0.2, 0) is 4.79 Å². The Morgan fingerprint density at radius 2 is 1.89 bits per heavy atom. The van der Waals surface area contributed by atoms with Crippen LogP contribution in [0, 0.1) is 19.7 Å². The number of benzene rings is 2. The van der Waals surface area contributed by atoms with Crippen LogP contribution in [0.5, 0.6) is 0 Å². The molecule has 1 N–H and O–H groups in total. The number of amides is 1. The summed E-state index contributed by atoms with van der Waals surface area (Å²) in [6, 6.07) is 13.4. The largest absolute Gasteiger partial charge is 0.272 e. The molecule has 0 spiro atoms. The van der Waals surface area contributed by atoms with Gasteiger partial charge in [-0.1, -0.05) is 11.6 Å². The fraction of sp³-hybridized carbons (Fsp3) is 0.150. The van der Waals surface area contributed by atoms with Crippen LogP contribution in [0.1, 0.15) is 17.0 Å². The molecule has 0 unspecified atom stereocenters. The summed E-state index contributed by atoms with van der Waals surface area (Å²) in [5, 5.41) is 9.16. The predicted octanol–water partition coefficient (Wildman–Crippen LogP) is 4.52. The van der Waals surface area contributed by atoms with Crippen LogP contribution in [0.3, 0.4) is 0 Å². The number of carbonyl (C=O) groups excluding carboxylic acids is 1. The van der Waals surface area contributed by atoms with E-state index in [0.29, 0.717) is 5.02 Å². The van der Waals surface area contributed by atoms with Crippen molar-refractivity contribution in [1.29, 1.82) is 0 Å². The van der Waals surface area contributed by atoms with Crippen molar-refractivity contribution in [2.45, 2.75) is 18.7 Å². The second-order valence-corrected chi connectivity index (χ2v) is 7.49. The van der Waals surface area contributed by atoms with E-state index in [9.17, 15) is 9.18 Å². The van der Waals surface area contributed by atoms with Crippen molar-refractivity contribution >= 4 is 35.5 Å². The SMILES string of the molecule is Cc1nn(-c2ccc(F)cc2)c(C)c1/C=N\NC(=O)CSc1ccc(Cl)cc1. The average molecular weight is 417 g/mol. The van der Waals surface area contributed by atoms with E-state index in [0.717, 1.165) is 27.5 Å². The van der Waals surface area contributed by atoms with E-state index in [2.05, 4.69) is 15.6 Å². The third-order valence-corrected chi connectivity index (χ3v) is 5.25. The first-order chi connectivity index (χ1) is 13.4. The van der Waals surface area contributed by atoms with Crippen LogP contribution in [0.25, 0.3) is 5.69 Å². The number of nitrogens with one attached hydrogen (secondary N) is 1. The van der Waals surface area contributed by atoms with E-state index in [1.807, 2.05) is 26.0 Å². The Labute approximate surface area is 171 Å². The van der Waals surface area contributed by atoms with Gasteiger partial charge in [0.2, 0.25) is 5.91 Å². The van der Waals surface area contributed by atoms with E-state index in [1.54, 1.807) is 35.2 Å². The number of carbonyl (C=O) groups is 1. The fourth-order valence-corrected chi connectivity index (χ4v) is 3.37. The van der Waals surface area contributed by atoms with Crippen LogP contribution in [0.4, 0.5) is 4.39 Å². The summed E-state index contributed by atoms with van der Waals surface area (Å²) in [6.07, 6.45) is 1.57. The Hall–Kier alpha value is -2.64. The number of rotatable bonds is 6. The molecule has 28 heavy (non-hydrogen) atoms. The Morgan fingerprint density at radius 1 is 1.21 bits per heavy atom. The van der Waals surface area contributed by atoms with Gasteiger partial charge in [-0.15, -0.1) is 11.8 Å². The van der Waals surface area contributed by atoms with Crippen LogP contribution in [0.2, 0.25) is 5.02 Å². The number of halogens is 2. The molecule has 0 atom stereocenters. The Morgan fingerprint density at radius 3 is 2.57 bits per heavy atom. The lowest BCUT2D eigenvalue weighted by molar-refractivity contribution is -0.118. The molecule has 144 valence electrons. The third kappa shape index (κ3) is 4.99. The minimum atomic E-state index is -0.300. The normalized spacial score (nSPS) is 11.1. The predicted molar refractivity (Wildman–Crippen MR) is 111 cm³/mol. The summed E-state index contributed by atoms with van der Waals surface area (Å²) in [7, 11) is 0. The quantitative estimate of drug-likeness (QED) is 0.365. The van der Waals surface area contributed by atoms with Crippen LogP contribution in [0.15, 0.2) is 58.5 Å². The van der Waals surface area contributed by atoms with Gasteiger partial charge < -0.3 is 0 Å². The van der Waals surface area contributed by atoms with Crippen molar-refractivity contribution in [3.05, 3.63) is 76.3 Å². The van der Waals surface area contributed by atoms with E-state index in [-0.39, 0.29) is 17.5 Å². The van der Waals surface area contributed by atoms with Gasteiger partial charge in [0.05, 0.1) is 29.0 Å². The molecule has 1 amide bonds. The molecular formula is C20H18ClFN4OS. The number of nitrogens with zero attached hydrogens (tertiary/aromatic N) is 3. The lowest BCUT2D eigenvalue weighted by Gasteiger charge is -2.04. The molecule has 1 aromatic heterocycles. The molecule has 0 fully saturated rings. The van der Waals surface area contributed by atoms with Gasteiger partial charge >= 0.3 is 0 Å². The molecule has 5 nitrogen and oxygen atoms in total. The lowest BCUT2D eigenvalue weighted by Crippen LogP contribution is -2.19. The average Bonchev–Trinajstić information content (AvgIpc) is 2.96. The van der Waals surface area contributed by atoms with E-state index < -0.39 is 0 Å². The standard InChI is InChI=1S/C20H18ClFN4OS/c1-13-19(14(2)26(25-13)17-7-5-16(22)6-8-17)11-23-24-20(27)12-28-18-9-3-15(21)4-10-18/h3-11H,12H2,1-2H3,(H,24,27)/b23-11-. The Balaban J connectivity index is 1.61. The number of hydrazone groups is 1. The smallest absolute Gasteiger partial charge is 0.250 e. The maximum Gasteiger partial charge on any atom is 0.250 e. The maximum atomic E-state index is 13.1. The molecule has 0 bridgehead atoms. The van der Waals surface area contributed by atoms with Gasteiger partial charge in [-0.25, -0.2) is 14.5 Å². The number of thioether (sulfide) groups is 1. The Bertz CT molecular complexity index is 1000. The molecule has 0 saturated carbocycles. The molecule has 8 heteroatoms. The minimum absolute atomic E-state index is 0.211. The van der Waals surface area contributed by atoms with Gasteiger partial charge in [-0.3, -0.25) is 4.79 Å². The molecular weight excluding hydrogens is 399 g/mol. The van der Waals surface area contributed by atoms with E-state index in [4.69, 9.17) is 11.6 Å². The zero-order valence-corrected chi connectivity index (χ0v) is 16.9. The van der Waals surface area contributed by atoms with Crippen molar-refractivity contribution in [3.8, 4) is 5.69 Å². The monoisotopic (exact) mass is 416 g/mol. The molecule has 3 rings (SSSR count). The second kappa shape index (κ2) is 9.03. The number of hydrogen-bond donors (Lipinski definition) is 1. The molecule has 1 heterocycles. The highest BCUT2D eigenvalue weighted by atomic mass is 35.5. The van der Waals surface area contributed by atoms with Crippen molar-refractivity contribution in [2.24, 2.45) is 5.10 Å². The van der Waals surface area contributed by atoms with Crippen LogP contribution < -0.4 is 5.43 Å². The van der Waals surface area contributed by atoms with E-state index in [1.165, 1.54) is 23.9 Å². The summed E-state index contributed by atoms with van der Waals surface area (Å²) >= 11 is 7.24. The molecule has 0 aliphatic carbocycles. The number of aryl methyl sites for hydroxylation is 1. The topological polar surface area (TPSA) is 59.3 Å². The first-order valence-corrected chi connectivity index (χ1v) is 9.83. The maximum absolute atomic E-state index is 13.1. The van der Waals surface area contributed by atoms with Crippen molar-refractivity contribution in [3.63, 3.8) is 0 Å². The fourth-order valence-electron chi connectivity index (χ4n) is 2.56. The number of aromatic nitrogens is 2. The van der Waals surface area contributed by atoms with Gasteiger partial charge in [0.1, 0.15) is 5.82 Å². The van der Waals surface area contributed by atoms with Gasteiger partial charge in [-0.2, -0.15) is 10.2 Å². The molecule has 3 aromatic rings. The molecule has 2 aromatic carbocycles. The summed E-state index contributed by atoms with van der Waals surface area (Å²) in [6.45, 7) is 3.75. The van der Waals surface area contributed by atoms with Crippen molar-refractivity contribution < 1.29 is 9.18 Å². The highest BCUT2D eigenvalue weighted by molar-refractivity contribution is 8.00. The van der Waals surface area contributed by atoms with E-state index >= 15 is 0 Å². The van der Waals surface area contributed by atoms with Crippen molar-refractivity contribution in [1.82, 2.24) is 15.2 Å². The third-order valence-electron chi connectivity index (χ3n) is 3.98. The van der Waals surface area contributed by atoms with Gasteiger partial charge in [0.25, 0.3) is 0 Å². The summed E-state index contributed by atoms with van der Waals surface area (Å²) in [4.78, 5) is 12.9. The molecule has 0 aliphatic rings. The van der Waals surface area contributed by atoms with Gasteiger partial charge in [-0.05, 0) is 62.4 Å². The molecule has 0 saturated heterocycles. The molecule has 0 aliphatic heterocycles. The minimum Gasteiger partial charge on any atom is -0.272 e. The molecule has 0 radical (unpaired) electrons.